The van der Waals surface area contributed by atoms with Gasteiger partial charge < -0.3 is 5.11 Å². The van der Waals surface area contributed by atoms with Crippen molar-refractivity contribution in [2.45, 2.75) is 50.6 Å². The van der Waals surface area contributed by atoms with E-state index in [-0.39, 0.29) is 17.5 Å². The predicted octanol–water partition coefficient (Wildman–Crippen LogP) is 1.07. The largest absolute Gasteiger partial charge is 0.396 e. The Kier molecular flexibility index (Phi) is 4.82. The van der Waals surface area contributed by atoms with E-state index in [1.165, 1.54) is 6.20 Å². The van der Waals surface area contributed by atoms with Crippen LogP contribution in [0.15, 0.2) is 17.3 Å². The summed E-state index contributed by atoms with van der Waals surface area (Å²) < 4.78 is 28.5. The number of aryl methyl sites for hydroxylation is 1. The molecule has 0 bridgehead atoms. The minimum absolute atomic E-state index is 0.0389. The molecule has 1 saturated heterocycles. The molecule has 2 rings (SSSR count). The highest BCUT2D eigenvalue weighted by Crippen LogP contribution is 2.27. The van der Waals surface area contributed by atoms with Gasteiger partial charge in [-0.25, -0.2) is 8.42 Å². The molecular weight excluding hydrogens is 278 g/mol. The molecule has 20 heavy (non-hydrogen) atoms. The van der Waals surface area contributed by atoms with Gasteiger partial charge in [-0.1, -0.05) is 6.92 Å². The summed E-state index contributed by atoms with van der Waals surface area (Å²) in [6.07, 6.45) is 5.50. The molecular formula is C13H23N3O3S. The topological polar surface area (TPSA) is 75.4 Å². The van der Waals surface area contributed by atoms with Gasteiger partial charge in [0, 0.05) is 31.9 Å². The van der Waals surface area contributed by atoms with E-state index in [1.807, 2.05) is 6.92 Å². The fourth-order valence-electron chi connectivity index (χ4n) is 2.55. The van der Waals surface area contributed by atoms with Crippen LogP contribution in [0.1, 0.15) is 33.1 Å². The van der Waals surface area contributed by atoms with E-state index in [0.29, 0.717) is 25.4 Å². The monoisotopic (exact) mass is 301 g/mol. The maximum Gasteiger partial charge on any atom is 0.246 e. The van der Waals surface area contributed by atoms with Crippen molar-refractivity contribution in [1.82, 2.24) is 14.1 Å². The number of hydrogen-bond donors (Lipinski definition) is 1. The Morgan fingerprint density at radius 3 is 2.85 bits per heavy atom. The number of nitrogens with zero attached hydrogens (tertiary/aromatic N) is 3. The van der Waals surface area contributed by atoms with Crippen LogP contribution in [0.25, 0.3) is 0 Å². The summed E-state index contributed by atoms with van der Waals surface area (Å²) in [5, 5.41) is 12.9. The van der Waals surface area contributed by atoms with Gasteiger partial charge >= 0.3 is 0 Å². The Balaban J connectivity index is 2.18. The lowest BCUT2D eigenvalue weighted by atomic mass is 9.97. The summed E-state index contributed by atoms with van der Waals surface area (Å²) in [4.78, 5) is 0.247. The van der Waals surface area contributed by atoms with Crippen molar-refractivity contribution >= 4 is 10.0 Å². The molecule has 1 aliphatic heterocycles. The Morgan fingerprint density at radius 2 is 2.15 bits per heavy atom. The van der Waals surface area contributed by atoms with Gasteiger partial charge in [0.05, 0.1) is 6.20 Å². The highest BCUT2D eigenvalue weighted by atomic mass is 32.2. The van der Waals surface area contributed by atoms with E-state index in [0.717, 1.165) is 12.8 Å². The number of aromatic nitrogens is 2. The first-order chi connectivity index (χ1) is 9.45. The van der Waals surface area contributed by atoms with Gasteiger partial charge in [0.1, 0.15) is 4.90 Å². The normalized spacial score (nSPS) is 24.9. The predicted molar refractivity (Wildman–Crippen MR) is 75.7 cm³/mol. The van der Waals surface area contributed by atoms with Crippen molar-refractivity contribution in [2.24, 2.45) is 5.92 Å². The smallest absolute Gasteiger partial charge is 0.246 e. The first-order valence-electron chi connectivity index (χ1n) is 7.10. The average molecular weight is 301 g/mol. The molecule has 0 radical (unpaired) electrons. The van der Waals surface area contributed by atoms with Gasteiger partial charge in [0.2, 0.25) is 10.0 Å². The third-order valence-electron chi connectivity index (χ3n) is 3.82. The number of sulfonamides is 1. The van der Waals surface area contributed by atoms with Crippen molar-refractivity contribution in [2.75, 3.05) is 13.2 Å². The van der Waals surface area contributed by atoms with Gasteiger partial charge in [0.15, 0.2) is 0 Å². The molecule has 0 aromatic carbocycles. The fourth-order valence-corrected chi connectivity index (χ4v) is 4.29. The molecule has 6 nitrogen and oxygen atoms in total. The van der Waals surface area contributed by atoms with Crippen LogP contribution in [-0.2, 0) is 16.6 Å². The number of aliphatic hydroxyl groups is 1. The van der Waals surface area contributed by atoms with Gasteiger partial charge in [-0.15, -0.1) is 0 Å². The molecule has 0 saturated carbocycles. The summed E-state index contributed by atoms with van der Waals surface area (Å²) in [7, 11) is -3.46. The molecule has 1 aromatic rings. The molecule has 2 unspecified atom stereocenters. The SMILES string of the molecule is CC1CCC(C)N(S(=O)(=O)c2cnn(CCCO)c2)C1. The maximum absolute atomic E-state index is 12.7. The van der Waals surface area contributed by atoms with Gasteiger partial charge in [0.25, 0.3) is 0 Å². The Labute approximate surface area is 120 Å². The van der Waals surface area contributed by atoms with E-state index in [2.05, 4.69) is 12.0 Å². The number of hydrogen-bond acceptors (Lipinski definition) is 4. The van der Waals surface area contributed by atoms with Crippen LogP contribution < -0.4 is 0 Å². The highest BCUT2D eigenvalue weighted by molar-refractivity contribution is 7.89. The van der Waals surface area contributed by atoms with Crippen LogP contribution in [0.3, 0.4) is 0 Å². The van der Waals surface area contributed by atoms with Crippen LogP contribution in [0.2, 0.25) is 0 Å². The zero-order chi connectivity index (χ0) is 14.8. The third-order valence-corrected chi connectivity index (χ3v) is 5.75. The molecule has 1 aromatic heterocycles. The van der Waals surface area contributed by atoms with E-state index < -0.39 is 10.0 Å². The van der Waals surface area contributed by atoms with Gasteiger partial charge in [-0.2, -0.15) is 9.40 Å². The zero-order valence-corrected chi connectivity index (χ0v) is 12.9. The minimum atomic E-state index is -3.46. The lowest BCUT2D eigenvalue weighted by molar-refractivity contribution is 0.218. The Morgan fingerprint density at radius 1 is 1.40 bits per heavy atom. The summed E-state index contributed by atoms with van der Waals surface area (Å²) >= 11 is 0. The fraction of sp³-hybridized carbons (Fsp3) is 0.769. The molecule has 1 aliphatic rings. The Bertz CT molecular complexity index is 541. The molecule has 0 aliphatic carbocycles. The molecule has 0 spiro atoms. The zero-order valence-electron chi connectivity index (χ0n) is 12.1. The minimum Gasteiger partial charge on any atom is -0.396 e. The van der Waals surface area contributed by atoms with E-state index in [9.17, 15) is 8.42 Å². The summed E-state index contributed by atoms with van der Waals surface area (Å²) in [6.45, 7) is 5.21. The highest BCUT2D eigenvalue weighted by Gasteiger charge is 2.34. The van der Waals surface area contributed by atoms with E-state index >= 15 is 0 Å². The van der Waals surface area contributed by atoms with Crippen LogP contribution in [-0.4, -0.2) is 46.8 Å². The first-order valence-corrected chi connectivity index (χ1v) is 8.54. The van der Waals surface area contributed by atoms with E-state index in [1.54, 1.807) is 15.2 Å². The van der Waals surface area contributed by atoms with Crippen molar-refractivity contribution in [1.29, 1.82) is 0 Å². The molecule has 0 amide bonds. The third kappa shape index (κ3) is 3.21. The maximum atomic E-state index is 12.7. The van der Waals surface area contributed by atoms with Crippen LogP contribution in [0.5, 0.6) is 0 Å². The quantitative estimate of drug-likeness (QED) is 0.883. The second kappa shape index (κ2) is 6.24. The first kappa shape index (κ1) is 15.5. The van der Waals surface area contributed by atoms with Crippen molar-refractivity contribution < 1.29 is 13.5 Å². The lowest BCUT2D eigenvalue weighted by Crippen LogP contribution is -2.44. The van der Waals surface area contributed by atoms with Crippen LogP contribution in [0.4, 0.5) is 0 Å². The molecule has 114 valence electrons. The molecule has 7 heteroatoms. The van der Waals surface area contributed by atoms with Crippen LogP contribution >= 0.6 is 0 Å². The number of aliphatic hydroxyl groups excluding tert-OH is 1. The van der Waals surface area contributed by atoms with Crippen LogP contribution in [0, 0.1) is 5.92 Å². The van der Waals surface area contributed by atoms with Crippen molar-refractivity contribution in [3.63, 3.8) is 0 Å². The summed E-state index contributed by atoms with van der Waals surface area (Å²) in [5.74, 6) is 0.394. The summed E-state index contributed by atoms with van der Waals surface area (Å²) in [6, 6.07) is 0.0389. The average Bonchev–Trinajstić information content (AvgIpc) is 2.88. The van der Waals surface area contributed by atoms with Crippen molar-refractivity contribution in [3.8, 4) is 0 Å². The number of piperidine rings is 1. The van der Waals surface area contributed by atoms with E-state index in [4.69, 9.17) is 5.11 Å². The van der Waals surface area contributed by atoms with Gasteiger partial charge in [-0.3, -0.25) is 4.68 Å². The molecule has 1 N–H and O–H groups in total. The Hall–Kier alpha value is -0.920. The standard InChI is InChI=1S/C13H23N3O3S/c1-11-4-5-12(2)16(9-11)20(18,19)13-8-14-15(10-13)6-3-7-17/h8,10-12,17H,3-7,9H2,1-2H3. The number of rotatable bonds is 5. The lowest BCUT2D eigenvalue weighted by Gasteiger charge is -2.35. The van der Waals surface area contributed by atoms with Gasteiger partial charge in [-0.05, 0) is 32.1 Å². The second-order valence-electron chi connectivity index (χ2n) is 5.62. The molecule has 1 fully saturated rings. The second-order valence-corrected chi connectivity index (χ2v) is 7.51. The molecule has 2 atom stereocenters. The summed E-state index contributed by atoms with van der Waals surface area (Å²) in [5.41, 5.74) is 0. The van der Waals surface area contributed by atoms with Crippen molar-refractivity contribution in [3.05, 3.63) is 12.4 Å². The molecule has 2 heterocycles.